The highest BCUT2D eigenvalue weighted by Crippen LogP contribution is 2.65. The lowest BCUT2D eigenvalue weighted by Gasteiger charge is -2.65. The zero-order valence-corrected chi connectivity index (χ0v) is 19.9. The molecule has 5 aliphatic rings. The highest BCUT2D eigenvalue weighted by Gasteiger charge is 2.74. The summed E-state index contributed by atoms with van der Waals surface area (Å²) in [5, 5.41) is 14.2. The number of phenols is 1. The minimum Gasteiger partial charge on any atom is -0.504 e. The molecule has 2 bridgehead atoms. The van der Waals surface area contributed by atoms with Crippen LogP contribution in [0.5, 0.6) is 11.5 Å². The predicted molar refractivity (Wildman–Crippen MR) is 131 cm³/mol. The van der Waals surface area contributed by atoms with Gasteiger partial charge in [-0.2, -0.15) is 0 Å². The Morgan fingerprint density at radius 3 is 2.77 bits per heavy atom. The molecule has 3 fully saturated rings. The summed E-state index contributed by atoms with van der Waals surface area (Å²) in [7, 11) is 0. The molecule has 2 heterocycles. The molecule has 2 saturated carbocycles. The van der Waals surface area contributed by atoms with Crippen molar-refractivity contribution in [1.82, 2.24) is 10.2 Å². The summed E-state index contributed by atoms with van der Waals surface area (Å²) in [5.41, 5.74) is 2.35. The monoisotopic (exact) mass is 470 g/mol. The smallest absolute Gasteiger partial charge is 0.217 e. The Hall–Kier alpha value is -3.12. The molecule has 3 aliphatic carbocycles. The number of likely N-dealkylation sites (tertiary alicyclic amines) is 1. The Labute approximate surface area is 205 Å². The van der Waals surface area contributed by atoms with Crippen molar-refractivity contribution in [3.8, 4) is 11.5 Å². The molecule has 1 saturated heterocycles. The van der Waals surface area contributed by atoms with Crippen LogP contribution in [0.25, 0.3) is 6.08 Å². The van der Waals surface area contributed by atoms with E-state index in [1.807, 2.05) is 42.5 Å². The Morgan fingerprint density at radius 2 is 2.03 bits per heavy atom. The van der Waals surface area contributed by atoms with Crippen molar-refractivity contribution in [2.24, 2.45) is 5.92 Å². The van der Waals surface area contributed by atoms with Crippen LogP contribution in [-0.2, 0) is 21.4 Å². The summed E-state index contributed by atoms with van der Waals surface area (Å²) < 4.78 is 6.41. The maximum atomic E-state index is 14.1. The molecule has 4 atom stereocenters. The fourth-order valence-corrected chi connectivity index (χ4v) is 7.66. The van der Waals surface area contributed by atoms with Crippen LogP contribution >= 0.6 is 0 Å². The number of phenolic OH excluding ortho intramolecular Hbond substituents is 1. The van der Waals surface area contributed by atoms with E-state index in [1.165, 1.54) is 12.8 Å². The minimum absolute atomic E-state index is 0.0346. The molecule has 2 aliphatic heterocycles. The number of hydrogen-bond donors (Lipinski definition) is 2. The molecule has 2 aromatic rings. The molecule has 2 aromatic carbocycles. The number of benzene rings is 2. The van der Waals surface area contributed by atoms with Gasteiger partial charge in [0.2, 0.25) is 5.91 Å². The Morgan fingerprint density at radius 1 is 1.23 bits per heavy atom. The van der Waals surface area contributed by atoms with Gasteiger partial charge in [-0.3, -0.25) is 14.5 Å². The van der Waals surface area contributed by atoms with Gasteiger partial charge in [-0.25, -0.2) is 0 Å². The van der Waals surface area contributed by atoms with Gasteiger partial charge in [-0.1, -0.05) is 36.4 Å². The SMILES string of the molecule is CC(=O)N[C@@]12C/C(=C/c3ccccc3)C(=O)[C@@H]3Oc4c(O)ccc5c4[C@@]31CCN(CC1CC1)C2C5. The van der Waals surface area contributed by atoms with Gasteiger partial charge in [0.15, 0.2) is 23.4 Å². The lowest BCUT2D eigenvalue weighted by molar-refractivity contribution is -0.143. The molecule has 6 heteroatoms. The average Bonchev–Trinajstić information content (AvgIpc) is 3.57. The third kappa shape index (κ3) is 2.80. The first-order valence-electron chi connectivity index (χ1n) is 12.8. The van der Waals surface area contributed by atoms with Crippen LogP contribution in [0, 0.1) is 5.92 Å². The highest BCUT2D eigenvalue weighted by atomic mass is 16.5. The number of nitrogens with one attached hydrogen (secondary N) is 1. The number of ether oxygens (including phenoxy) is 1. The molecule has 1 spiro atoms. The van der Waals surface area contributed by atoms with Crippen molar-refractivity contribution >= 4 is 17.8 Å². The van der Waals surface area contributed by atoms with Crippen molar-refractivity contribution in [2.45, 2.75) is 62.1 Å². The maximum Gasteiger partial charge on any atom is 0.217 e. The van der Waals surface area contributed by atoms with E-state index in [0.29, 0.717) is 17.7 Å². The second-order valence-corrected chi connectivity index (χ2v) is 11.1. The van der Waals surface area contributed by atoms with Gasteiger partial charge < -0.3 is 15.2 Å². The summed E-state index contributed by atoms with van der Waals surface area (Å²) in [6.07, 6.45) is 5.67. The molecule has 1 amide bonds. The summed E-state index contributed by atoms with van der Waals surface area (Å²) in [4.78, 5) is 29.5. The second-order valence-electron chi connectivity index (χ2n) is 11.1. The second kappa shape index (κ2) is 7.20. The standard InChI is InChI=1S/C29H30N2O4/c1-17(32)30-29-15-21(13-18-5-3-2-4-6-18)25(34)27-28(29)11-12-31(16-19-7-8-19)23(29)14-20-9-10-22(33)26(35-27)24(20)28/h2-6,9-10,13,19,23,27,33H,7-8,11-12,14-16H2,1H3,(H,30,32)/b21-13-/t23?,27-,28-,29+/m0/s1. The maximum absolute atomic E-state index is 14.1. The molecule has 1 unspecified atom stereocenters. The summed E-state index contributed by atoms with van der Waals surface area (Å²) in [6, 6.07) is 13.6. The van der Waals surface area contributed by atoms with Crippen molar-refractivity contribution in [2.75, 3.05) is 13.1 Å². The van der Waals surface area contributed by atoms with E-state index in [4.69, 9.17) is 4.74 Å². The number of nitrogens with zero attached hydrogens (tertiary/aromatic N) is 1. The number of carbonyl (C=O) groups is 2. The van der Waals surface area contributed by atoms with Gasteiger partial charge >= 0.3 is 0 Å². The third-order valence-electron chi connectivity index (χ3n) is 9.12. The lowest BCUT2D eigenvalue weighted by atomic mass is 9.46. The highest BCUT2D eigenvalue weighted by molar-refractivity contribution is 6.07. The molecule has 6 nitrogen and oxygen atoms in total. The number of Topliss-reactive ketones (excluding diaryl/α,β-unsaturated/α-hetero) is 1. The van der Waals surface area contributed by atoms with Crippen LogP contribution in [0.2, 0.25) is 0 Å². The Bertz CT molecular complexity index is 1280. The number of amides is 1. The van der Waals surface area contributed by atoms with Crippen LogP contribution in [-0.4, -0.2) is 52.5 Å². The zero-order valence-electron chi connectivity index (χ0n) is 19.9. The van der Waals surface area contributed by atoms with Gasteiger partial charge in [-0.05, 0) is 61.4 Å². The number of ketones is 1. The van der Waals surface area contributed by atoms with Crippen molar-refractivity contribution in [1.29, 1.82) is 0 Å². The van der Waals surface area contributed by atoms with E-state index in [-0.39, 0.29) is 23.5 Å². The normalized spacial score (nSPS) is 33.9. The van der Waals surface area contributed by atoms with Crippen molar-refractivity contribution in [3.05, 3.63) is 64.7 Å². The first kappa shape index (κ1) is 21.2. The quantitative estimate of drug-likeness (QED) is 0.670. The van der Waals surface area contributed by atoms with E-state index >= 15 is 0 Å². The average molecular weight is 471 g/mol. The fraction of sp³-hybridized carbons (Fsp3) is 0.448. The van der Waals surface area contributed by atoms with Crippen LogP contribution in [0.3, 0.4) is 0 Å². The summed E-state index contributed by atoms with van der Waals surface area (Å²) >= 11 is 0. The number of carbonyl (C=O) groups excluding carboxylic acids is 2. The number of piperidine rings is 1. The molecule has 35 heavy (non-hydrogen) atoms. The largest absolute Gasteiger partial charge is 0.504 e. The van der Waals surface area contributed by atoms with E-state index < -0.39 is 17.1 Å². The molecular formula is C29H30N2O4. The number of hydrogen-bond acceptors (Lipinski definition) is 5. The molecule has 0 radical (unpaired) electrons. The van der Waals surface area contributed by atoms with Crippen LogP contribution in [0.1, 0.15) is 49.3 Å². The first-order valence-corrected chi connectivity index (χ1v) is 12.8. The van der Waals surface area contributed by atoms with Crippen LogP contribution in [0.4, 0.5) is 0 Å². The molecule has 180 valence electrons. The molecule has 7 rings (SSSR count). The van der Waals surface area contributed by atoms with E-state index in [0.717, 1.165) is 48.5 Å². The molecule has 2 N–H and O–H groups in total. The van der Waals surface area contributed by atoms with Gasteiger partial charge in [-0.15, -0.1) is 0 Å². The van der Waals surface area contributed by atoms with Crippen molar-refractivity contribution < 1.29 is 19.4 Å². The Balaban J connectivity index is 1.47. The lowest BCUT2D eigenvalue weighted by Crippen LogP contribution is -2.82. The van der Waals surface area contributed by atoms with Gasteiger partial charge in [0.05, 0.1) is 11.0 Å². The molecule has 0 aromatic heterocycles. The van der Waals surface area contributed by atoms with Gasteiger partial charge in [0.25, 0.3) is 0 Å². The van der Waals surface area contributed by atoms with E-state index in [9.17, 15) is 14.7 Å². The first-order chi connectivity index (χ1) is 16.9. The topological polar surface area (TPSA) is 78.9 Å². The zero-order chi connectivity index (χ0) is 23.9. The number of rotatable bonds is 4. The van der Waals surface area contributed by atoms with E-state index in [2.05, 4.69) is 10.2 Å². The fourth-order valence-electron chi connectivity index (χ4n) is 7.66. The van der Waals surface area contributed by atoms with Gasteiger partial charge in [0, 0.05) is 37.1 Å². The molecular weight excluding hydrogens is 440 g/mol. The van der Waals surface area contributed by atoms with Crippen LogP contribution < -0.4 is 10.1 Å². The Kier molecular flexibility index (Phi) is 4.36. The summed E-state index contributed by atoms with van der Waals surface area (Å²) in [6.45, 7) is 3.47. The minimum atomic E-state index is -0.758. The van der Waals surface area contributed by atoms with Crippen LogP contribution in [0.15, 0.2) is 48.0 Å². The number of aromatic hydroxyl groups is 1. The third-order valence-corrected chi connectivity index (χ3v) is 9.12. The van der Waals surface area contributed by atoms with Crippen molar-refractivity contribution in [3.63, 3.8) is 0 Å². The van der Waals surface area contributed by atoms with Gasteiger partial charge in [0.1, 0.15) is 0 Å². The van der Waals surface area contributed by atoms with E-state index in [1.54, 1.807) is 13.0 Å². The summed E-state index contributed by atoms with van der Waals surface area (Å²) in [5.74, 6) is 1.10. The predicted octanol–water partition coefficient (Wildman–Crippen LogP) is 3.36.